The first-order valence-corrected chi connectivity index (χ1v) is 18.1. The zero-order valence-electron chi connectivity index (χ0n) is 32.5. The molecule has 4 aromatic rings. The molecule has 54 heavy (non-hydrogen) atoms. The van der Waals surface area contributed by atoms with E-state index in [2.05, 4.69) is 84.0 Å². The Labute approximate surface area is 330 Å². The topological polar surface area (TPSA) is 145 Å². The molecule has 2 aliphatic carbocycles. The molecule has 8 nitrogen and oxygen atoms in total. The van der Waals surface area contributed by atoms with Crippen LogP contribution in [0.15, 0.2) is 94.9 Å². The van der Waals surface area contributed by atoms with Gasteiger partial charge in [-0.3, -0.25) is 9.98 Å². The molecule has 2 aliphatic rings. The van der Waals surface area contributed by atoms with E-state index in [4.69, 9.17) is 29.8 Å². The second-order valence-corrected chi connectivity index (χ2v) is 16.1. The van der Waals surface area contributed by atoms with Gasteiger partial charge in [-0.05, 0) is 103 Å². The quantitative estimate of drug-likeness (QED) is 0.196. The van der Waals surface area contributed by atoms with Gasteiger partial charge in [0.2, 0.25) is 0 Å². The largest absolute Gasteiger partial charge is 2.00 e. The van der Waals surface area contributed by atoms with Gasteiger partial charge in [-0.25, -0.2) is 0 Å². The number of hydrogen-bond acceptors (Lipinski definition) is 8. The minimum atomic E-state index is -1.08. The van der Waals surface area contributed by atoms with Gasteiger partial charge in [0.05, 0.1) is 11.6 Å². The molecule has 287 valence electrons. The maximum absolute atomic E-state index is 11.4. The fourth-order valence-electron chi connectivity index (χ4n) is 7.22. The van der Waals surface area contributed by atoms with E-state index in [1.165, 1.54) is 0 Å². The molecule has 2 bridgehead atoms. The van der Waals surface area contributed by atoms with Crippen molar-refractivity contribution in [1.29, 1.82) is 0 Å². The van der Waals surface area contributed by atoms with Crippen LogP contribution in [0.3, 0.4) is 0 Å². The molecule has 6 rings (SSSR count). The molecule has 0 saturated heterocycles. The summed E-state index contributed by atoms with van der Waals surface area (Å²) >= 11 is 0. The Morgan fingerprint density at radius 1 is 0.704 bits per heavy atom. The average Bonchev–Trinajstić information content (AvgIpc) is 3.65. The molecule has 2 fully saturated rings. The first-order chi connectivity index (χ1) is 24.8. The summed E-state index contributed by atoms with van der Waals surface area (Å²) in [5.41, 5.74) is 6.94. The SMILES string of the molecule is CC(=O)[O-].CC(=O)[O-].CC(C)(C)c1cc(-c2ccccc2)cc(C=NC2CC3CCC2(N=Cc2cc(-c4ccccc4)cc(C(C)(C)C)c2O)C3)c1O.[Co+2]. The molecule has 1 radical (unpaired) electrons. The Bertz CT molecular complexity index is 1940. The molecule has 2 N–H and O–H groups in total. The van der Waals surface area contributed by atoms with Crippen LogP contribution in [-0.4, -0.2) is 46.2 Å². The normalized spacial score (nSPS) is 19.0. The van der Waals surface area contributed by atoms with Crippen molar-refractivity contribution < 1.29 is 46.8 Å². The summed E-state index contributed by atoms with van der Waals surface area (Å²) < 4.78 is 0. The first-order valence-electron chi connectivity index (χ1n) is 18.1. The Balaban J connectivity index is 0.000000795. The van der Waals surface area contributed by atoms with Gasteiger partial charge in [-0.1, -0.05) is 102 Å². The van der Waals surface area contributed by atoms with E-state index in [1.807, 2.05) is 54.9 Å². The number of phenolic OH excluding ortho intramolecular Hbond substituents is 2. The molecule has 4 aromatic carbocycles. The average molecular weight is 776 g/mol. The number of benzene rings is 4. The van der Waals surface area contributed by atoms with Crippen molar-refractivity contribution in [1.82, 2.24) is 0 Å². The predicted molar refractivity (Wildman–Crippen MR) is 210 cm³/mol. The first kappa shape index (κ1) is 43.7. The maximum atomic E-state index is 11.4. The van der Waals surface area contributed by atoms with Gasteiger partial charge in [0.1, 0.15) is 11.5 Å². The smallest absolute Gasteiger partial charge is 0.550 e. The molecular weight excluding hydrogens is 723 g/mol. The number of carboxylic acids is 2. The second-order valence-electron chi connectivity index (χ2n) is 16.1. The van der Waals surface area contributed by atoms with Gasteiger partial charge in [-0.15, -0.1) is 0 Å². The van der Waals surface area contributed by atoms with Gasteiger partial charge in [0, 0.05) is 46.6 Å². The number of aliphatic imine (C=N–C) groups is 2. The van der Waals surface area contributed by atoms with Crippen molar-refractivity contribution in [2.45, 2.75) is 103 Å². The Morgan fingerprint density at radius 3 is 1.50 bits per heavy atom. The molecule has 0 amide bonds. The van der Waals surface area contributed by atoms with Crippen LogP contribution in [0.2, 0.25) is 0 Å². The summed E-state index contributed by atoms with van der Waals surface area (Å²) in [4.78, 5) is 28.2. The summed E-state index contributed by atoms with van der Waals surface area (Å²) in [6, 6.07) is 29.0. The third-order valence-electron chi connectivity index (χ3n) is 9.77. The van der Waals surface area contributed by atoms with Crippen molar-refractivity contribution >= 4 is 24.4 Å². The molecular formula is C45H52CoN2O6. The number of aliphatic carboxylic acids is 2. The molecule has 3 atom stereocenters. The summed E-state index contributed by atoms with van der Waals surface area (Å²) in [7, 11) is 0. The van der Waals surface area contributed by atoms with Crippen LogP contribution in [0, 0.1) is 5.92 Å². The molecule has 0 spiro atoms. The second kappa shape index (κ2) is 18.1. The van der Waals surface area contributed by atoms with E-state index < -0.39 is 11.9 Å². The van der Waals surface area contributed by atoms with Crippen molar-refractivity contribution in [3.8, 4) is 33.8 Å². The Morgan fingerprint density at radius 2 is 1.11 bits per heavy atom. The van der Waals surface area contributed by atoms with E-state index in [-0.39, 0.29) is 39.2 Å². The number of rotatable bonds is 6. The van der Waals surface area contributed by atoms with Crippen molar-refractivity contribution in [2.24, 2.45) is 15.9 Å². The number of carbonyl (C=O) groups is 2. The van der Waals surface area contributed by atoms with Crippen LogP contribution >= 0.6 is 0 Å². The number of carboxylic acid groups (broad SMARTS) is 2. The van der Waals surface area contributed by atoms with E-state index >= 15 is 0 Å². The standard InChI is InChI=1S/C41H46N2O2.2C2H4O2.Co/c1-39(2,3)34-22-30(28-13-9-7-10-14-28)20-32(37(34)44)25-42-36-19-27-17-18-41(36,24-27)43-26-33-21-31(29-15-11-8-12-16-29)23-35(38(33)45)40(4,5)6;2*1-2(3)4;/h7-16,20-23,25-27,36,44-45H,17-19,24H2,1-6H3;2*1H3,(H,3,4);/q;;;+2/p-2. The fraction of sp³-hybridized carbons (Fsp3) is 0.378. The van der Waals surface area contributed by atoms with Gasteiger partial charge >= 0.3 is 16.8 Å². The number of aromatic hydroxyl groups is 2. The third-order valence-corrected chi connectivity index (χ3v) is 9.77. The number of phenols is 2. The summed E-state index contributed by atoms with van der Waals surface area (Å²) in [5.74, 6) is -0.982. The summed E-state index contributed by atoms with van der Waals surface area (Å²) in [6.45, 7) is 14.7. The number of carbonyl (C=O) groups excluding carboxylic acids is 2. The van der Waals surface area contributed by atoms with E-state index in [1.54, 1.807) is 0 Å². The third kappa shape index (κ3) is 11.1. The fourth-order valence-corrected chi connectivity index (χ4v) is 7.22. The number of nitrogens with zero attached hydrogens (tertiary/aromatic N) is 2. The maximum Gasteiger partial charge on any atom is 2.00 e. The molecule has 0 aromatic heterocycles. The zero-order valence-corrected chi connectivity index (χ0v) is 33.5. The van der Waals surface area contributed by atoms with Crippen molar-refractivity contribution in [2.75, 3.05) is 0 Å². The van der Waals surface area contributed by atoms with Crippen molar-refractivity contribution in [3.05, 3.63) is 107 Å². The Kier molecular flexibility index (Phi) is 14.6. The molecule has 9 heteroatoms. The van der Waals surface area contributed by atoms with Crippen LogP contribution in [-0.2, 0) is 37.2 Å². The van der Waals surface area contributed by atoms with Crippen LogP contribution < -0.4 is 10.2 Å². The Hall–Kier alpha value is -4.73. The van der Waals surface area contributed by atoms with Crippen molar-refractivity contribution in [3.63, 3.8) is 0 Å². The molecule has 3 unspecified atom stereocenters. The van der Waals surface area contributed by atoms with Crippen LogP contribution in [0.4, 0.5) is 0 Å². The minimum Gasteiger partial charge on any atom is -0.550 e. The summed E-state index contributed by atoms with van der Waals surface area (Å²) in [5, 5.41) is 40.6. The van der Waals surface area contributed by atoms with E-state index in [0.717, 1.165) is 84.0 Å². The van der Waals surface area contributed by atoms with Gasteiger partial charge in [0.15, 0.2) is 0 Å². The minimum absolute atomic E-state index is 0. The molecule has 0 aliphatic heterocycles. The predicted octanol–water partition coefficient (Wildman–Crippen LogP) is 7.39. The molecule has 0 heterocycles. The molecule has 2 saturated carbocycles. The van der Waals surface area contributed by atoms with Gasteiger partial charge in [0.25, 0.3) is 0 Å². The van der Waals surface area contributed by atoms with Gasteiger partial charge in [-0.2, -0.15) is 0 Å². The number of fused-ring (bicyclic) bond motifs is 2. The van der Waals surface area contributed by atoms with Gasteiger partial charge < -0.3 is 30.0 Å². The monoisotopic (exact) mass is 775 g/mol. The zero-order chi connectivity index (χ0) is 39.1. The van der Waals surface area contributed by atoms with E-state index in [9.17, 15) is 10.2 Å². The van der Waals surface area contributed by atoms with E-state index in [0.29, 0.717) is 17.4 Å². The summed E-state index contributed by atoms with van der Waals surface area (Å²) in [6.07, 6.45) is 7.89. The van der Waals surface area contributed by atoms with Crippen LogP contribution in [0.25, 0.3) is 22.3 Å². The van der Waals surface area contributed by atoms with Crippen LogP contribution in [0.5, 0.6) is 11.5 Å². The number of hydrogen-bond donors (Lipinski definition) is 2. The van der Waals surface area contributed by atoms with Crippen LogP contribution in [0.1, 0.15) is 103 Å².